The van der Waals surface area contributed by atoms with Gasteiger partial charge in [0.1, 0.15) is 17.9 Å². The molecule has 2 aromatic heterocycles. The third-order valence-corrected chi connectivity index (χ3v) is 11.0. The van der Waals surface area contributed by atoms with E-state index in [4.69, 9.17) is 27.9 Å². The minimum absolute atomic E-state index is 0.110. The molecule has 2 amide bonds. The van der Waals surface area contributed by atoms with Gasteiger partial charge in [-0.2, -0.15) is 4.31 Å². The molecule has 0 spiro atoms. The molecule has 4 aromatic rings. The molecule has 3 aliphatic rings. The zero-order valence-electron chi connectivity index (χ0n) is 24.7. The Labute approximate surface area is 275 Å². The number of ether oxygens (including phenoxy) is 1. The molecule has 238 valence electrons. The van der Waals surface area contributed by atoms with Crippen molar-refractivity contribution < 1.29 is 22.7 Å². The number of aromatic nitrogens is 4. The van der Waals surface area contributed by atoms with Crippen molar-refractivity contribution in [3.05, 3.63) is 83.0 Å². The molecule has 5 heterocycles. The average Bonchev–Trinajstić information content (AvgIpc) is 3.55. The molecule has 3 aliphatic heterocycles. The molecular weight excluding hydrogens is 653 g/mol. The SMILES string of the molecule is CC1(Cc2ccc(-c3cncnc3)cc2)C(=O)N(c2cc(Cl)cc(Cl)c2)c2ncc(S(=O)(=O)N3CCC3C(=O)N3CCOCC3)n21. The fourth-order valence-electron chi connectivity index (χ4n) is 6.29. The van der Waals surface area contributed by atoms with Gasteiger partial charge in [-0.1, -0.05) is 47.5 Å². The van der Waals surface area contributed by atoms with E-state index in [-0.39, 0.29) is 29.8 Å². The molecule has 2 fully saturated rings. The number of amides is 2. The molecule has 0 aliphatic carbocycles. The van der Waals surface area contributed by atoms with Crippen LogP contribution < -0.4 is 4.90 Å². The summed E-state index contributed by atoms with van der Waals surface area (Å²) < 4.78 is 36.7. The fourth-order valence-corrected chi connectivity index (χ4v) is 8.62. The first kappa shape index (κ1) is 30.8. The van der Waals surface area contributed by atoms with E-state index in [0.717, 1.165) is 16.7 Å². The van der Waals surface area contributed by atoms with Gasteiger partial charge < -0.3 is 9.64 Å². The Hall–Kier alpha value is -3.88. The Kier molecular flexibility index (Phi) is 7.84. The highest BCUT2D eigenvalue weighted by atomic mass is 35.5. The van der Waals surface area contributed by atoms with Crippen LogP contribution in [0.15, 0.2) is 72.4 Å². The van der Waals surface area contributed by atoms with Gasteiger partial charge in [-0.25, -0.2) is 28.3 Å². The minimum Gasteiger partial charge on any atom is -0.378 e. The number of anilines is 2. The van der Waals surface area contributed by atoms with Crippen molar-refractivity contribution in [2.75, 3.05) is 37.7 Å². The van der Waals surface area contributed by atoms with Crippen LogP contribution in [0.3, 0.4) is 0 Å². The number of rotatable bonds is 7. The Morgan fingerprint density at radius 3 is 2.28 bits per heavy atom. The second-order valence-corrected chi connectivity index (χ2v) is 14.3. The highest BCUT2D eigenvalue weighted by Crippen LogP contribution is 2.45. The first-order chi connectivity index (χ1) is 22.1. The van der Waals surface area contributed by atoms with Crippen LogP contribution in [-0.2, 0) is 36.3 Å². The highest BCUT2D eigenvalue weighted by molar-refractivity contribution is 7.89. The zero-order chi connectivity index (χ0) is 32.2. The first-order valence-electron chi connectivity index (χ1n) is 14.7. The number of carbonyl (C=O) groups is 2. The van der Waals surface area contributed by atoms with Crippen molar-refractivity contribution in [2.45, 2.75) is 36.4 Å². The van der Waals surface area contributed by atoms with Crippen molar-refractivity contribution >= 4 is 56.7 Å². The number of carbonyl (C=O) groups excluding carboxylic acids is 2. The molecule has 0 N–H and O–H groups in total. The van der Waals surface area contributed by atoms with Gasteiger partial charge in [0.2, 0.25) is 11.9 Å². The van der Waals surface area contributed by atoms with Crippen LogP contribution >= 0.6 is 23.2 Å². The second-order valence-electron chi connectivity index (χ2n) is 11.6. The standard InChI is InChI=1S/C31H29Cl2N7O5S/c1-31(15-20-2-4-21(5-3-20)22-16-34-19-35-17-22)29(42)39(25-13-23(32)12-24(33)14-25)30-36-18-27(40(30)31)46(43,44)38-7-6-26(38)28(41)37-8-10-45-11-9-37/h2-5,12-14,16-19,26H,6-11,15H2,1H3. The predicted molar refractivity (Wildman–Crippen MR) is 170 cm³/mol. The van der Waals surface area contributed by atoms with Crippen LogP contribution in [0.2, 0.25) is 10.0 Å². The fraction of sp³-hybridized carbons (Fsp3) is 0.323. The Morgan fingerprint density at radius 2 is 1.65 bits per heavy atom. The van der Waals surface area contributed by atoms with Crippen LogP contribution in [0.25, 0.3) is 11.1 Å². The molecule has 0 bridgehead atoms. The molecule has 0 radical (unpaired) electrons. The number of benzene rings is 2. The summed E-state index contributed by atoms with van der Waals surface area (Å²) in [6, 6.07) is 11.4. The van der Waals surface area contributed by atoms with Gasteiger partial charge in [-0.3, -0.25) is 14.2 Å². The Morgan fingerprint density at radius 1 is 0.978 bits per heavy atom. The zero-order valence-corrected chi connectivity index (χ0v) is 27.0. The second kappa shape index (κ2) is 11.7. The van der Waals surface area contributed by atoms with E-state index >= 15 is 0 Å². The summed E-state index contributed by atoms with van der Waals surface area (Å²) in [6.07, 6.45) is 6.67. The number of nitrogens with zero attached hydrogens (tertiary/aromatic N) is 7. The average molecular weight is 683 g/mol. The van der Waals surface area contributed by atoms with Crippen LogP contribution in [0.1, 0.15) is 18.9 Å². The van der Waals surface area contributed by atoms with Crippen molar-refractivity contribution in [3.8, 4) is 11.1 Å². The molecule has 0 saturated carbocycles. The molecular formula is C31H29Cl2N7O5S. The summed E-state index contributed by atoms with van der Waals surface area (Å²) in [5, 5.41) is 0.437. The Bertz CT molecular complexity index is 1910. The van der Waals surface area contributed by atoms with Gasteiger partial charge in [0, 0.05) is 54.1 Å². The van der Waals surface area contributed by atoms with Crippen LogP contribution in [-0.4, -0.2) is 87.8 Å². The quantitative estimate of drug-likeness (QED) is 0.287. The lowest BCUT2D eigenvalue weighted by Gasteiger charge is -2.41. The smallest absolute Gasteiger partial charge is 0.261 e. The molecule has 7 rings (SSSR count). The topological polar surface area (TPSA) is 131 Å². The van der Waals surface area contributed by atoms with Crippen LogP contribution in [0.4, 0.5) is 11.6 Å². The van der Waals surface area contributed by atoms with Gasteiger partial charge in [-0.05, 0) is 42.7 Å². The first-order valence-corrected chi connectivity index (χ1v) is 16.9. The maximum atomic E-state index is 14.5. The Balaban J connectivity index is 1.28. The van der Waals surface area contributed by atoms with Crippen molar-refractivity contribution in [3.63, 3.8) is 0 Å². The summed E-state index contributed by atoms with van der Waals surface area (Å²) in [7, 11) is -4.26. The van der Waals surface area contributed by atoms with Crippen molar-refractivity contribution in [1.82, 2.24) is 28.7 Å². The van der Waals surface area contributed by atoms with Gasteiger partial charge in [-0.15, -0.1) is 0 Å². The molecule has 2 saturated heterocycles. The number of hydrogen-bond donors (Lipinski definition) is 0. The third-order valence-electron chi connectivity index (χ3n) is 8.72. The lowest BCUT2D eigenvalue weighted by atomic mass is 9.91. The predicted octanol–water partition coefficient (Wildman–Crippen LogP) is 3.90. The number of morpholine rings is 1. The van der Waals surface area contributed by atoms with Gasteiger partial charge in [0.15, 0.2) is 5.03 Å². The number of fused-ring (bicyclic) bond motifs is 1. The van der Waals surface area contributed by atoms with Gasteiger partial charge in [0.25, 0.3) is 15.9 Å². The monoisotopic (exact) mass is 681 g/mol. The van der Waals surface area contributed by atoms with E-state index in [1.807, 2.05) is 24.3 Å². The maximum Gasteiger partial charge on any atom is 0.261 e. The summed E-state index contributed by atoms with van der Waals surface area (Å²) >= 11 is 12.6. The molecule has 12 nitrogen and oxygen atoms in total. The van der Waals surface area contributed by atoms with Crippen molar-refractivity contribution in [1.29, 1.82) is 0 Å². The molecule has 2 atom stereocenters. The van der Waals surface area contributed by atoms with Crippen LogP contribution in [0, 0.1) is 0 Å². The van der Waals surface area contributed by atoms with E-state index in [9.17, 15) is 18.0 Å². The van der Waals surface area contributed by atoms with Crippen LogP contribution in [0.5, 0.6) is 0 Å². The van der Waals surface area contributed by atoms with Gasteiger partial charge in [0.05, 0.1) is 25.1 Å². The van der Waals surface area contributed by atoms with E-state index in [2.05, 4.69) is 15.0 Å². The number of sulfonamides is 1. The highest BCUT2D eigenvalue weighted by Gasteiger charge is 2.54. The lowest BCUT2D eigenvalue weighted by molar-refractivity contribution is -0.142. The summed E-state index contributed by atoms with van der Waals surface area (Å²) in [5.74, 6) is -0.549. The molecule has 46 heavy (non-hydrogen) atoms. The van der Waals surface area contributed by atoms with E-state index < -0.39 is 27.5 Å². The van der Waals surface area contributed by atoms with E-state index in [1.165, 1.54) is 26.3 Å². The maximum absolute atomic E-state index is 14.5. The minimum atomic E-state index is -4.26. The largest absolute Gasteiger partial charge is 0.378 e. The number of hydrogen-bond acceptors (Lipinski definition) is 8. The van der Waals surface area contributed by atoms with E-state index in [1.54, 1.807) is 42.4 Å². The lowest BCUT2D eigenvalue weighted by Crippen LogP contribution is -2.60. The molecule has 15 heteroatoms. The summed E-state index contributed by atoms with van der Waals surface area (Å²) in [6.45, 7) is 3.50. The van der Waals surface area contributed by atoms with Crippen molar-refractivity contribution in [2.24, 2.45) is 0 Å². The van der Waals surface area contributed by atoms with E-state index in [0.29, 0.717) is 48.5 Å². The molecule has 2 aromatic carbocycles. The molecule has 2 unspecified atom stereocenters. The summed E-state index contributed by atoms with van der Waals surface area (Å²) in [5.41, 5.74) is 1.44. The van der Waals surface area contributed by atoms with Gasteiger partial charge >= 0.3 is 0 Å². The number of halogens is 2. The summed E-state index contributed by atoms with van der Waals surface area (Å²) in [4.78, 5) is 43.4. The third kappa shape index (κ3) is 5.16. The number of imidazole rings is 1. The normalized spacial score (nSPS) is 21.7.